The number of benzene rings is 3. The zero-order chi connectivity index (χ0) is 23.7. The first-order chi connectivity index (χ1) is 16.5. The van der Waals surface area contributed by atoms with Crippen molar-refractivity contribution < 1.29 is 4.79 Å². The second-order valence-electron chi connectivity index (χ2n) is 8.85. The second-order valence-corrected chi connectivity index (χ2v) is 8.85. The van der Waals surface area contributed by atoms with Crippen molar-refractivity contribution in [1.29, 1.82) is 0 Å². The van der Waals surface area contributed by atoms with Gasteiger partial charge in [-0.25, -0.2) is 4.79 Å². The zero-order valence-corrected chi connectivity index (χ0v) is 19.2. The second kappa shape index (κ2) is 9.14. The number of carbonyl (C=O) groups is 1. The lowest BCUT2D eigenvalue weighted by Crippen LogP contribution is -2.42. The van der Waals surface area contributed by atoms with Crippen LogP contribution in [-0.2, 0) is 30.8 Å². The molecule has 1 aromatic heterocycles. The lowest BCUT2D eigenvalue weighted by Gasteiger charge is -2.29. The first-order valence-corrected chi connectivity index (χ1v) is 11.6. The molecule has 6 heteroatoms. The Labute approximate surface area is 197 Å². The highest BCUT2D eigenvalue weighted by molar-refractivity contribution is 5.78. The summed E-state index contributed by atoms with van der Waals surface area (Å²) in [7, 11) is 0. The first kappa shape index (κ1) is 21.9. The number of hydrogen-bond acceptors (Lipinski definition) is 3. The molecule has 3 aromatic carbocycles. The molecule has 1 aliphatic rings. The summed E-state index contributed by atoms with van der Waals surface area (Å²) >= 11 is 0. The summed E-state index contributed by atoms with van der Waals surface area (Å²) in [6.45, 7) is 3.66. The smallest absolute Gasteiger partial charge is 0.331 e. The molecule has 34 heavy (non-hydrogen) atoms. The van der Waals surface area contributed by atoms with E-state index in [1.165, 1.54) is 10.1 Å². The van der Waals surface area contributed by atoms with Gasteiger partial charge in [0, 0.05) is 26.1 Å². The van der Waals surface area contributed by atoms with Crippen LogP contribution in [0.5, 0.6) is 0 Å². The van der Waals surface area contributed by atoms with Gasteiger partial charge < -0.3 is 4.90 Å². The normalized spacial score (nSPS) is 13.1. The summed E-state index contributed by atoms with van der Waals surface area (Å²) in [6, 6.07) is 23.2. The van der Waals surface area contributed by atoms with Gasteiger partial charge in [0.15, 0.2) is 0 Å². The molecule has 0 N–H and O–H groups in total. The van der Waals surface area contributed by atoms with Gasteiger partial charge in [-0.15, -0.1) is 0 Å². The van der Waals surface area contributed by atoms with Gasteiger partial charge in [0.25, 0.3) is 5.56 Å². The third-order valence-corrected chi connectivity index (χ3v) is 6.75. The third kappa shape index (κ3) is 4.07. The minimum Gasteiger partial charge on any atom is -0.338 e. The van der Waals surface area contributed by atoms with Crippen LogP contribution in [0.2, 0.25) is 0 Å². The molecule has 0 unspecified atom stereocenters. The average Bonchev–Trinajstić information content (AvgIpc) is 2.87. The molecular weight excluding hydrogens is 426 g/mol. The van der Waals surface area contributed by atoms with Crippen molar-refractivity contribution in [1.82, 2.24) is 14.0 Å². The molecule has 4 aromatic rings. The number of carbonyl (C=O) groups excluding carboxylic acids is 1. The van der Waals surface area contributed by atoms with Gasteiger partial charge in [0.1, 0.15) is 0 Å². The van der Waals surface area contributed by atoms with Crippen LogP contribution in [0.4, 0.5) is 0 Å². The summed E-state index contributed by atoms with van der Waals surface area (Å²) in [5.74, 6) is -0.0422. The number of fused-ring (bicyclic) bond motifs is 2. The molecule has 0 radical (unpaired) electrons. The number of amides is 1. The van der Waals surface area contributed by atoms with Crippen LogP contribution in [0.25, 0.3) is 10.9 Å². The van der Waals surface area contributed by atoms with Gasteiger partial charge in [-0.2, -0.15) is 0 Å². The summed E-state index contributed by atoms with van der Waals surface area (Å²) in [5, 5.41) is 0.482. The van der Waals surface area contributed by atoms with E-state index in [1.807, 2.05) is 60.4 Å². The summed E-state index contributed by atoms with van der Waals surface area (Å²) < 4.78 is 2.86. The Bertz CT molecular complexity index is 1500. The quantitative estimate of drug-likeness (QED) is 0.465. The molecule has 2 heterocycles. The van der Waals surface area contributed by atoms with E-state index >= 15 is 0 Å². The van der Waals surface area contributed by atoms with Crippen LogP contribution in [0.3, 0.4) is 0 Å². The predicted octanol–water partition coefficient (Wildman–Crippen LogP) is 3.49. The molecule has 172 valence electrons. The Hall–Kier alpha value is -3.93. The molecule has 0 atom stereocenters. The number of nitrogens with zero attached hydrogens (tertiary/aromatic N) is 3. The molecule has 0 spiro atoms. The van der Waals surface area contributed by atoms with Crippen molar-refractivity contribution >= 4 is 16.8 Å². The molecular formula is C28H27N3O3. The van der Waals surface area contributed by atoms with E-state index in [1.54, 1.807) is 22.8 Å². The summed E-state index contributed by atoms with van der Waals surface area (Å²) in [5.41, 5.74) is 4.40. The van der Waals surface area contributed by atoms with Crippen LogP contribution in [0.1, 0.15) is 28.7 Å². The minimum atomic E-state index is -0.385. The molecule has 1 aliphatic heterocycles. The van der Waals surface area contributed by atoms with Gasteiger partial charge >= 0.3 is 5.69 Å². The molecule has 1 amide bonds. The summed E-state index contributed by atoms with van der Waals surface area (Å²) in [6.07, 6.45) is 0.932. The van der Waals surface area contributed by atoms with Crippen LogP contribution < -0.4 is 11.2 Å². The fraction of sp³-hybridized carbons (Fsp3) is 0.250. The molecule has 0 bridgehead atoms. The first-order valence-electron chi connectivity index (χ1n) is 11.6. The Balaban J connectivity index is 1.44. The highest BCUT2D eigenvalue weighted by Crippen LogP contribution is 2.19. The lowest BCUT2D eigenvalue weighted by molar-refractivity contribution is -0.132. The topological polar surface area (TPSA) is 64.3 Å². The highest BCUT2D eigenvalue weighted by Gasteiger charge is 2.21. The Morgan fingerprint density at radius 1 is 0.853 bits per heavy atom. The van der Waals surface area contributed by atoms with Crippen molar-refractivity contribution in [3.8, 4) is 0 Å². The van der Waals surface area contributed by atoms with Gasteiger partial charge in [-0.1, -0.05) is 60.7 Å². The fourth-order valence-electron chi connectivity index (χ4n) is 4.75. The van der Waals surface area contributed by atoms with Crippen molar-refractivity contribution in [3.05, 3.63) is 116 Å². The van der Waals surface area contributed by atoms with E-state index < -0.39 is 0 Å². The summed E-state index contributed by atoms with van der Waals surface area (Å²) in [4.78, 5) is 41.5. The van der Waals surface area contributed by atoms with E-state index in [2.05, 4.69) is 6.07 Å². The predicted molar refractivity (Wildman–Crippen MR) is 133 cm³/mol. The van der Waals surface area contributed by atoms with Crippen molar-refractivity contribution in [2.24, 2.45) is 0 Å². The Morgan fingerprint density at radius 2 is 1.56 bits per heavy atom. The maximum atomic E-state index is 13.5. The van der Waals surface area contributed by atoms with Crippen LogP contribution in [0.15, 0.2) is 82.4 Å². The van der Waals surface area contributed by atoms with Crippen LogP contribution >= 0.6 is 0 Å². The highest BCUT2D eigenvalue weighted by atomic mass is 16.2. The number of rotatable bonds is 5. The van der Waals surface area contributed by atoms with Crippen LogP contribution in [-0.4, -0.2) is 26.5 Å². The molecule has 0 fully saturated rings. The third-order valence-electron chi connectivity index (χ3n) is 6.75. The van der Waals surface area contributed by atoms with Gasteiger partial charge in [-0.05, 0) is 47.7 Å². The van der Waals surface area contributed by atoms with Crippen molar-refractivity contribution in [2.45, 2.75) is 39.4 Å². The molecule has 0 aliphatic carbocycles. The van der Waals surface area contributed by atoms with Gasteiger partial charge in [-0.3, -0.25) is 18.7 Å². The molecule has 5 rings (SSSR count). The monoisotopic (exact) mass is 453 g/mol. The minimum absolute atomic E-state index is 0.0422. The fourth-order valence-corrected chi connectivity index (χ4v) is 4.75. The number of aryl methyl sites for hydroxylation is 1. The molecule has 6 nitrogen and oxygen atoms in total. The lowest BCUT2D eigenvalue weighted by atomic mass is 10.00. The van der Waals surface area contributed by atoms with Crippen LogP contribution in [0, 0.1) is 6.92 Å². The van der Waals surface area contributed by atoms with E-state index in [0.717, 1.165) is 23.1 Å². The maximum Gasteiger partial charge on any atom is 0.331 e. The number of para-hydroxylation sites is 1. The Kier molecular flexibility index (Phi) is 5.88. The number of hydrogen-bond donors (Lipinski definition) is 0. The van der Waals surface area contributed by atoms with E-state index in [0.29, 0.717) is 30.5 Å². The zero-order valence-electron chi connectivity index (χ0n) is 19.2. The molecule has 0 saturated heterocycles. The van der Waals surface area contributed by atoms with Gasteiger partial charge in [0.05, 0.1) is 17.4 Å². The van der Waals surface area contributed by atoms with Crippen molar-refractivity contribution in [2.75, 3.05) is 6.54 Å². The largest absolute Gasteiger partial charge is 0.338 e. The Morgan fingerprint density at radius 3 is 2.38 bits per heavy atom. The maximum absolute atomic E-state index is 13.5. The standard InChI is InChI=1S/C28H27N3O3/c1-20-8-2-3-10-22(20)19-31-25-13-7-6-12-24(25)27(33)30(28(31)34)17-15-26(32)29-16-14-21-9-4-5-11-23(21)18-29/h2-13H,14-19H2,1H3. The van der Waals surface area contributed by atoms with E-state index in [-0.39, 0.29) is 30.1 Å². The number of aromatic nitrogens is 2. The average molecular weight is 454 g/mol. The SMILES string of the molecule is Cc1ccccc1Cn1c(=O)n(CCC(=O)N2CCc3ccccc3C2)c(=O)c2ccccc21. The van der Waals surface area contributed by atoms with E-state index in [4.69, 9.17) is 0 Å². The van der Waals surface area contributed by atoms with Crippen molar-refractivity contribution in [3.63, 3.8) is 0 Å². The van der Waals surface area contributed by atoms with E-state index in [9.17, 15) is 14.4 Å². The van der Waals surface area contributed by atoms with Gasteiger partial charge in [0.2, 0.25) is 5.91 Å². The molecule has 0 saturated carbocycles.